The monoisotopic (exact) mass is 363 g/mol. The van der Waals surface area contributed by atoms with Gasteiger partial charge < -0.3 is 14.5 Å². The topological polar surface area (TPSA) is 68.5 Å². The molecule has 25 heavy (non-hydrogen) atoms. The maximum Gasteiger partial charge on any atom is 0.328 e. The number of benzene rings is 1. The Morgan fingerprint density at radius 1 is 1.36 bits per heavy atom. The Morgan fingerprint density at radius 3 is 2.76 bits per heavy atom. The number of carbonyl (C=O) groups is 2. The van der Waals surface area contributed by atoms with E-state index in [9.17, 15) is 9.59 Å². The van der Waals surface area contributed by atoms with Crippen molar-refractivity contribution in [3.63, 3.8) is 0 Å². The number of esters is 1. The van der Waals surface area contributed by atoms with Gasteiger partial charge in [0.25, 0.3) is 5.91 Å². The summed E-state index contributed by atoms with van der Waals surface area (Å²) in [4.78, 5) is 24.5. The van der Waals surface area contributed by atoms with Crippen LogP contribution in [0, 0.1) is 6.92 Å². The number of furan rings is 1. The Kier molecular flexibility index (Phi) is 6.93. The number of thioether (sulfide) groups is 1. The molecule has 0 radical (unpaired) electrons. The minimum atomic E-state index is -0.673. The first-order chi connectivity index (χ1) is 12.0. The van der Waals surface area contributed by atoms with E-state index in [1.54, 1.807) is 11.8 Å². The average Bonchev–Trinajstić information content (AvgIpc) is 2.94. The number of hydrogen-bond donors (Lipinski definition) is 1. The first-order valence-electron chi connectivity index (χ1n) is 8.41. The number of carbonyl (C=O) groups excluding carboxylic acids is 2. The zero-order valence-electron chi connectivity index (χ0n) is 15.2. The summed E-state index contributed by atoms with van der Waals surface area (Å²) in [5.74, 6) is 0.171. The molecule has 0 saturated heterocycles. The third-order valence-corrected chi connectivity index (χ3v) is 4.79. The van der Waals surface area contributed by atoms with Crippen molar-refractivity contribution in [1.29, 1.82) is 0 Å². The van der Waals surface area contributed by atoms with Gasteiger partial charge in [-0.3, -0.25) is 4.79 Å². The fourth-order valence-corrected chi connectivity index (χ4v) is 3.25. The highest BCUT2D eigenvalue weighted by Crippen LogP contribution is 2.27. The van der Waals surface area contributed by atoms with E-state index in [-0.39, 0.29) is 11.7 Å². The van der Waals surface area contributed by atoms with Gasteiger partial charge in [-0.2, -0.15) is 11.8 Å². The molecule has 5 nitrogen and oxygen atoms in total. The summed E-state index contributed by atoms with van der Waals surface area (Å²) >= 11 is 1.61. The first-order valence-corrected chi connectivity index (χ1v) is 9.80. The van der Waals surface area contributed by atoms with Crippen molar-refractivity contribution >= 4 is 34.6 Å². The van der Waals surface area contributed by atoms with Crippen molar-refractivity contribution in [2.24, 2.45) is 0 Å². The fourth-order valence-electron chi connectivity index (χ4n) is 2.78. The average molecular weight is 363 g/mol. The van der Waals surface area contributed by atoms with Crippen LogP contribution in [0.2, 0.25) is 0 Å². The van der Waals surface area contributed by atoms with Crippen LogP contribution in [0.3, 0.4) is 0 Å². The van der Waals surface area contributed by atoms with Crippen LogP contribution in [0.4, 0.5) is 0 Å². The third kappa shape index (κ3) is 4.57. The Balaban J connectivity index is 2.25. The Hall–Kier alpha value is -1.95. The van der Waals surface area contributed by atoms with Crippen molar-refractivity contribution in [2.45, 2.75) is 39.2 Å². The van der Waals surface area contributed by atoms with E-state index in [0.29, 0.717) is 12.0 Å². The lowest BCUT2D eigenvalue weighted by molar-refractivity contribution is -0.142. The predicted octanol–water partition coefficient (Wildman–Crippen LogP) is 3.72. The van der Waals surface area contributed by atoms with Crippen LogP contribution in [-0.2, 0) is 16.0 Å². The van der Waals surface area contributed by atoms with E-state index in [2.05, 4.69) is 18.3 Å². The van der Waals surface area contributed by atoms with E-state index in [1.807, 2.05) is 25.3 Å². The van der Waals surface area contributed by atoms with Gasteiger partial charge in [-0.15, -0.1) is 0 Å². The minimum Gasteiger partial charge on any atom is -0.467 e. The van der Waals surface area contributed by atoms with Gasteiger partial charge in [0.1, 0.15) is 11.6 Å². The summed E-state index contributed by atoms with van der Waals surface area (Å²) in [5.41, 5.74) is 2.69. The van der Waals surface area contributed by atoms with Gasteiger partial charge in [-0.05, 0) is 49.5 Å². The van der Waals surface area contributed by atoms with Crippen molar-refractivity contribution in [1.82, 2.24) is 5.32 Å². The van der Waals surface area contributed by atoms with Crippen molar-refractivity contribution < 1.29 is 18.7 Å². The van der Waals surface area contributed by atoms with E-state index in [0.717, 1.165) is 29.5 Å². The van der Waals surface area contributed by atoms with Crippen LogP contribution in [0.5, 0.6) is 0 Å². The second-order valence-electron chi connectivity index (χ2n) is 5.97. The quantitative estimate of drug-likeness (QED) is 0.724. The maximum atomic E-state index is 12.6. The molecule has 1 amide bonds. The molecule has 0 aliphatic carbocycles. The number of methoxy groups -OCH3 is 1. The second kappa shape index (κ2) is 8.94. The molecule has 2 aromatic rings. The molecule has 136 valence electrons. The second-order valence-corrected chi connectivity index (χ2v) is 6.95. The lowest BCUT2D eigenvalue weighted by Gasteiger charge is -2.15. The molecule has 1 aromatic carbocycles. The molecule has 1 unspecified atom stereocenters. The van der Waals surface area contributed by atoms with Gasteiger partial charge >= 0.3 is 5.97 Å². The standard InChI is InChI=1S/C19H25NO4S/c1-5-6-13-7-8-16-14(11-13)12(2)17(24-16)18(21)20-15(9-10-25-4)19(22)23-3/h7-8,11,15H,5-6,9-10H2,1-4H3,(H,20,21). The van der Waals surface area contributed by atoms with E-state index >= 15 is 0 Å². The molecule has 0 aliphatic heterocycles. The summed E-state index contributed by atoms with van der Waals surface area (Å²) in [6.45, 7) is 4.00. The largest absolute Gasteiger partial charge is 0.467 e. The molecule has 1 aromatic heterocycles. The van der Waals surface area contributed by atoms with Gasteiger partial charge in [-0.25, -0.2) is 4.79 Å². The van der Waals surface area contributed by atoms with Crippen molar-refractivity contribution in [3.05, 3.63) is 35.1 Å². The van der Waals surface area contributed by atoms with Crippen LogP contribution in [0.15, 0.2) is 22.6 Å². The summed E-state index contributed by atoms with van der Waals surface area (Å²) in [6, 6.07) is 5.31. The highest BCUT2D eigenvalue weighted by molar-refractivity contribution is 7.98. The molecular formula is C19H25NO4S. The Labute approximate surface area is 152 Å². The number of ether oxygens (including phenoxy) is 1. The van der Waals surface area contributed by atoms with Gasteiger partial charge in [-0.1, -0.05) is 19.4 Å². The fraction of sp³-hybridized carbons (Fsp3) is 0.474. The van der Waals surface area contributed by atoms with Gasteiger partial charge in [0.05, 0.1) is 7.11 Å². The minimum absolute atomic E-state index is 0.252. The van der Waals surface area contributed by atoms with Gasteiger partial charge in [0.15, 0.2) is 5.76 Å². The first kappa shape index (κ1) is 19.4. The normalized spacial score (nSPS) is 12.2. The molecule has 2 rings (SSSR count). The number of nitrogens with one attached hydrogen (secondary N) is 1. The predicted molar refractivity (Wildman–Crippen MR) is 101 cm³/mol. The number of rotatable bonds is 8. The zero-order chi connectivity index (χ0) is 18.4. The molecule has 0 fully saturated rings. The molecule has 1 heterocycles. The lowest BCUT2D eigenvalue weighted by atomic mass is 10.1. The van der Waals surface area contributed by atoms with Crippen molar-refractivity contribution in [3.8, 4) is 0 Å². The molecule has 0 bridgehead atoms. The number of aryl methyl sites for hydroxylation is 2. The SMILES string of the molecule is CCCc1ccc2oc(C(=O)NC(CCSC)C(=O)OC)c(C)c2c1. The Bertz CT molecular complexity index is 753. The maximum absolute atomic E-state index is 12.6. The number of fused-ring (bicyclic) bond motifs is 1. The van der Waals surface area contributed by atoms with Crippen LogP contribution < -0.4 is 5.32 Å². The molecule has 1 N–H and O–H groups in total. The van der Waals surface area contributed by atoms with E-state index in [4.69, 9.17) is 9.15 Å². The van der Waals surface area contributed by atoms with E-state index < -0.39 is 12.0 Å². The summed E-state index contributed by atoms with van der Waals surface area (Å²) < 4.78 is 10.5. The molecule has 0 aliphatic rings. The molecule has 0 saturated carbocycles. The lowest BCUT2D eigenvalue weighted by Crippen LogP contribution is -2.42. The third-order valence-electron chi connectivity index (χ3n) is 4.15. The van der Waals surface area contributed by atoms with Crippen molar-refractivity contribution in [2.75, 3.05) is 19.1 Å². The number of hydrogen-bond acceptors (Lipinski definition) is 5. The zero-order valence-corrected chi connectivity index (χ0v) is 16.0. The molecule has 0 spiro atoms. The number of amides is 1. The highest BCUT2D eigenvalue weighted by Gasteiger charge is 2.25. The van der Waals surface area contributed by atoms with Gasteiger partial charge in [0.2, 0.25) is 0 Å². The van der Waals surface area contributed by atoms with Gasteiger partial charge in [0, 0.05) is 10.9 Å². The Morgan fingerprint density at radius 2 is 2.12 bits per heavy atom. The molecular weight excluding hydrogens is 338 g/mol. The summed E-state index contributed by atoms with van der Waals surface area (Å²) in [5, 5.41) is 3.68. The smallest absolute Gasteiger partial charge is 0.328 e. The highest BCUT2D eigenvalue weighted by atomic mass is 32.2. The van der Waals surface area contributed by atoms with Crippen LogP contribution in [0.25, 0.3) is 11.0 Å². The summed E-state index contributed by atoms with van der Waals surface area (Å²) in [7, 11) is 1.32. The molecule has 6 heteroatoms. The molecule has 1 atom stereocenters. The van der Waals surface area contributed by atoms with Crippen LogP contribution >= 0.6 is 11.8 Å². The van der Waals surface area contributed by atoms with Crippen LogP contribution in [0.1, 0.15) is 41.4 Å². The van der Waals surface area contributed by atoms with E-state index in [1.165, 1.54) is 12.7 Å². The summed E-state index contributed by atoms with van der Waals surface area (Å²) in [6.07, 6.45) is 4.51. The van der Waals surface area contributed by atoms with Crippen LogP contribution in [-0.4, -0.2) is 37.0 Å².